The van der Waals surface area contributed by atoms with Crippen LogP contribution in [0.2, 0.25) is 0 Å². The predicted molar refractivity (Wildman–Crippen MR) is 44.9 cm³/mol. The summed E-state index contributed by atoms with van der Waals surface area (Å²) in [7, 11) is 0. The van der Waals surface area contributed by atoms with Gasteiger partial charge in [-0.05, 0) is 0 Å². The lowest BCUT2D eigenvalue weighted by Gasteiger charge is -2.40. The molecule has 0 radical (unpaired) electrons. The van der Waals surface area contributed by atoms with Gasteiger partial charge in [-0.25, -0.2) is 4.39 Å². The third-order valence-corrected chi connectivity index (χ3v) is 2.51. The van der Waals surface area contributed by atoms with Gasteiger partial charge >= 0.3 is 35.5 Å². The van der Waals surface area contributed by atoms with Crippen LogP contribution in [0.5, 0.6) is 0 Å². The summed E-state index contributed by atoms with van der Waals surface area (Å²) in [5, 5.41) is 0. The van der Waals surface area contributed by atoms with Crippen LogP contribution in [0.3, 0.4) is 0 Å². The van der Waals surface area contributed by atoms with Crippen molar-refractivity contribution in [2.75, 3.05) is 6.67 Å². The van der Waals surface area contributed by atoms with Crippen LogP contribution in [0.25, 0.3) is 0 Å². The summed E-state index contributed by atoms with van der Waals surface area (Å²) >= 11 is 0. The Morgan fingerprint density at radius 1 is 0.652 bits per heavy atom. The van der Waals surface area contributed by atoms with E-state index in [4.69, 9.17) is 0 Å². The van der Waals surface area contributed by atoms with Gasteiger partial charge in [0.25, 0.3) is 5.91 Å². The molecule has 0 fully saturated rings. The highest BCUT2D eigenvalue weighted by Gasteiger charge is 2.90. The number of hydrogen-bond acceptors (Lipinski definition) is 1. The molecule has 0 atom stereocenters. The second-order valence-electron chi connectivity index (χ2n) is 4.07. The van der Waals surface area contributed by atoms with E-state index in [1.807, 2.05) is 0 Å². The van der Waals surface area contributed by atoms with Crippen molar-refractivity contribution < 1.29 is 61.9 Å². The third-order valence-electron chi connectivity index (χ3n) is 2.51. The smallest absolute Gasteiger partial charge is 0.364 e. The third kappa shape index (κ3) is 2.56. The van der Waals surface area contributed by atoms with Crippen LogP contribution in [0.4, 0.5) is 57.1 Å². The van der Waals surface area contributed by atoms with Gasteiger partial charge in [-0.2, -0.15) is 52.7 Å². The van der Waals surface area contributed by atoms with Crippen LogP contribution in [0, 0.1) is 0 Å². The van der Waals surface area contributed by atoms with Crippen molar-refractivity contribution >= 4 is 5.91 Å². The summed E-state index contributed by atoms with van der Waals surface area (Å²) < 4.78 is 164. The predicted octanol–water partition coefficient (Wildman–Crippen LogP) is 3.25. The van der Waals surface area contributed by atoms with Crippen molar-refractivity contribution in [3.63, 3.8) is 0 Å². The second-order valence-corrected chi connectivity index (χ2v) is 4.07. The monoisotopic (exact) mass is 377 g/mol. The van der Waals surface area contributed by atoms with Gasteiger partial charge in [-0.3, -0.25) is 4.79 Å². The number of primary amides is 1. The minimum atomic E-state index is -7.92. The molecule has 0 saturated heterocycles. The minimum absolute atomic E-state index is 3.57. The molecule has 2 nitrogen and oxygen atoms in total. The van der Waals surface area contributed by atoms with E-state index in [-0.39, 0.29) is 0 Å². The van der Waals surface area contributed by atoms with Gasteiger partial charge in [0.2, 0.25) is 0 Å². The lowest BCUT2D eigenvalue weighted by atomic mass is 9.91. The van der Waals surface area contributed by atoms with Gasteiger partial charge in [0.1, 0.15) is 0 Å². The van der Waals surface area contributed by atoms with E-state index >= 15 is 0 Å². The van der Waals surface area contributed by atoms with Gasteiger partial charge in [0, 0.05) is 0 Å². The van der Waals surface area contributed by atoms with Crippen molar-refractivity contribution in [3.8, 4) is 0 Å². The first-order chi connectivity index (χ1) is 9.75. The Bertz CT molecular complexity index is 471. The molecule has 0 aromatic heterocycles. The Hall–Kier alpha value is -1.44. The molecule has 15 heteroatoms. The van der Waals surface area contributed by atoms with Crippen LogP contribution >= 0.6 is 0 Å². The molecule has 0 spiro atoms. The summed E-state index contributed by atoms with van der Waals surface area (Å²) in [4.78, 5) is 9.96. The highest BCUT2D eigenvalue weighted by Crippen LogP contribution is 2.59. The molecular formula is C8H4F13NO. The fraction of sp³-hybridized carbons (Fsp3) is 0.875. The van der Waals surface area contributed by atoms with Crippen LogP contribution in [0.15, 0.2) is 0 Å². The number of alkyl halides is 13. The zero-order valence-corrected chi connectivity index (χ0v) is 10.1. The van der Waals surface area contributed by atoms with E-state index in [1.165, 1.54) is 0 Å². The van der Waals surface area contributed by atoms with E-state index in [9.17, 15) is 61.9 Å². The largest absolute Gasteiger partial charge is 0.392 e. The number of carbonyl (C=O) groups is 1. The van der Waals surface area contributed by atoms with Crippen molar-refractivity contribution in [2.24, 2.45) is 5.73 Å². The standard InChI is InChI=1S/C8H4F13NO/c9-1-3(10,11)5(14,15)7(18,19)8(20,21)6(16,17)4(12,13)2(22)23/h1H2,(H2,22,23). The summed E-state index contributed by atoms with van der Waals surface area (Å²) in [5.41, 5.74) is 3.57. The maximum atomic E-state index is 12.9. The number of nitrogens with two attached hydrogens (primary N) is 1. The topological polar surface area (TPSA) is 43.1 Å². The molecule has 0 heterocycles. The van der Waals surface area contributed by atoms with E-state index in [2.05, 4.69) is 5.73 Å². The summed E-state index contributed by atoms with van der Waals surface area (Å²) in [5.74, 6) is -48.0. The number of rotatable bonds is 7. The molecule has 0 aliphatic carbocycles. The average Bonchev–Trinajstić information content (AvgIpc) is 2.37. The molecule has 0 rings (SSSR count). The molecule has 0 aromatic carbocycles. The molecule has 0 aromatic rings. The molecule has 0 unspecified atom stereocenters. The molecule has 23 heavy (non-hydrogen) atoms. The first-order valence-corrected chi connectivity index (χ1v) is 4.88. The normalized spacial score (nSPS) is 15.7. The zero-order valence-electron chi connectivity index (χ0n) is 10.1. The van der Waals surface area contributed by atoms with Crippen molar-refractivity contribution in [1.29, 1.82) is 0 Å². The number of amides is 1. The minimum Gasteiger partial charge on any atom is -0.364 e. The zero-order chi connectivity index (χ0) is 19.3. The Labute approximate surface area is 117 Å². The molecule has 1 amide bonds. The van der Waals surface area contributed by atoms with Gasteiger partial charge in [-0.15, -0.1) is 0 Å². The SMILES string of the molecule is NC(=O)C(F)(F)C(F)(F)C(F)(F)C(F)(F)C(F)(F)C(F)(F)CF. The number of hydrogen-bond donors (Lipinski definition) is 1. The highest BCUT2D eigenvalue weighted by atomic mass is 19.4. The molecule has 0 bridgehead atoms. The Morgan fingerprint density at radius 3 is 1.22 bits per heavy atom. The van der Waals surface area contributed by atoms with Crippen LogP contribution in [-0.2, 0) is 4.79 Å². The molecule has 0 aliphatic rings. The van der Waals surface area contributed by atoms with E-state index in [0.717, 1.165) is 0 Å². The second kappa shape index (κ2) is 5.29. The molecule has 138 valence electrons. The maximum Gasteiger partial charge on any atom is 0.392 e. The summed E-state index contributed by atoms with van der Waals surface area (Å²) in [6, 6.07) is 0. The molecule has 0 aliphatic heterocycles. The van der Waals surface area contributed by atoms with Crippen molar-refractivity contribution in [1.82, 2.24) is 0 Å². The number of carbonyl (C=O) groups excluding carboxylic acids is 1. The first kappa shape index (κ1) is 21.6. The molecular weight excluding hydrogens is 373 g/mol. The lowest BCUT2D eigenvalue weighted by Crippen LogP contribution is -2.72. The molecule has 0 saturated carbocycles. The summed E-state index contributed by atoms with van der Waals surface area (Å²) in [6.07, 6.45) is 0. The van der Waals surface area contributed by atoms with Crippen LogP contribution in [0.1, 0.15) is 0 Å². The fourth-order valence-electron chi connectivity index (χ4n) is 1.06. The fourth-order valence-corrected chi connectivity index (χ4v) is 1.06. The van der Waals surface area contributed by atoms with Gasteiger partial charge < -0.3 is 5.73 Å². The number of halogens is 13. The Kier molecular flexibility index (Phi) is 4.96. The Morgan fingerprint density at radius 2 is 0.957 bits per heavy atom. The average molecular weight is 377 g/mol. The lowest BCUT2D eigenvalue weighted by molar-refractivity contribution is -0.420. The van der Waals surface area contributed by atoms with Gasteiger partial charge in [0.15, 0.2) is 6.67 Å². The Balaban J connectivity index is 6.34. The van der Waals surface area contributed by atoms with Gasteiger partial charge in [0.05, 0.1) is 0 Å². The first-order valence-electron chi connectivity index (χ1n) is 4.88. The maximum absolute atomic E-state index is 12.9. The van der Waals surface area contributed by atoms with E-state index < -0.39 is 48.1 Å². The van der Waals surface area contributed by atoms with Gasteiger partial charge in [-0.1, -0.05) is 0 Å². The van der Waals surface area contributed by atoms with Crippen molar-refractivity contribution in [3.05, 3.63) is 0 Å². The quantitative estimate of drug-likeness (QED) is 0.681. The summed E-state index contributed by atoms with van der Waals surface area (Å²) in [6.45, 7) is -3.70. The van der Waals surface area contributed by atoms with E-state index in [0.29, 0.717) is 0 Å². The molecule has 2 N–H and O–H groups in total. The van der Waals surface area contributed by atoms with Crippen LogP contribution in [-0.4, -0.2) is 48.1 Å². The van der Waals surface area contributed by atoms with E-state index in [1.54, 1.807) is 0 Å². The van der Waals surface area contributed by atoms with Crippen molar-refractivity contribution in [2.45, 2.75) is 35.5 Å². The van der Waals surface area contributed by atoms with Crippen LogP contribution < -0.4 is 5.73 Å². The highest BCUT2D eigenvalue weighted by molar-refractivity contribution is 5.83.